The second kappa shape index (κ2) is 4.45. The lowest BCUT2D eigenvalue weighted by Crippen LogP contribution is -2.01. The highest BCUT2D eigenvalue weighted by Gasteiger charge is 2.18. The van der Waals surface area contributed by atoms with Crippen LogP contribution in [0.2, 0.25) is 0 Å². The summed E-state index contributed by atoms with van der Waals surface area (Å²) in [5, 5.41) is 0. The molecule has 14 heavy (non-hydrogen) atoms. The van der Waals surface area contributed by atoms with Gasteiger partial charge in [0.2, 0.25) is 5.88 Å². The largest absolute Gasteiger partial charge is 0.481 e. The third kappa shape index (κ3) is 2.06. The lowest BCUT2D eigenvalue weighted by atomic mass is 10.2. The minimum atomic E-state index is -2.80. The average molecular weight is 266 g/mol. The van der Waals surface area contributed by atoms with Crippen LogP contribution in [0.15, 0.2) is 10.5 Å². The number of aromatic nitrogens is 1. The summed E-state index contributed by atoms with van der Waals surface area (Å²) < 4.78 is 29.8. The predicted molar refractivity (Wildman–Crippen MR) is 48.8 cm³/mol. The average Bonchev–Trinajstić information content (AvgIpc) is 2.16. The van der Waals surface area contributed by atoms with Crippen molar-refractivity contribution in [1.29, 1.82) is 0 Å². The highest BCUT2D eigenvalue weighted by Crippen LogP contribution is 2.28. The van der Waals surface area contributed by atoms with Crippen LogP contribution < -0.4 is 4.74 Å². The van der Waals surface area contributed by atoms with Crippen LogP contribution in [-0.2, 0) is 0 Å². The van der Waals surface area contributed by atoms with Crippen LogP contribution in [0.5, 0.6) is 5.88 Å². The van der Waals surface area contributed by atoms with Crippen molar-refractivity contribution in [2.75, 3.05) is 7.11 Å². The summed E-state index contributed by atoms with van der Waals surface area (Å²) in [6, 6.07) is 1.36. The first kappa shape index (κ1) is 11.0. The summed E-state index contributed by atoms with van der Waals surface area (Å²) in [7, 11) is 1.31. The van der Waals surface area contributed by atoms with Gasteiger partial charge < -0.3 is 4.74 Å². The number of halogens is 3. The van der Waals surface area contributed by atoms with Gasteiger partial charge in [-0.2, -0.15) is 0 Å². The number of ether oxygens (including phenoxy) is 1. The van der Waals surface area contributed by atoms with E-state index in [1.807, 2.05) is 0 Å². The van der Waals surface area contributed by atoms with Gasteiger partial charge in [0.25, 0.3) is 6.43 Å². The quantitative estimate of drug-likeness (QED) is 0.789. The molecule has 0 fully saturated rings. The van der Waals surface area contributed by atoms with Gasteiger partial charge in [0, 0.05) is 10.5 Å². The normalized spacial score (nSPS) is 10.4. The van der Waals surface area contributed by atoms with E-state index in [1.54, 1.807) is 0 Å². The molecular formula is C8H6BrF2NO2. The minimum Gasteiger partial charge on any atom is -0.481 e. The Bertz CT molecular complexity index is 357. The molecule has 1 aromatic heterocycles. The minimum absolute atomic E-state index is 0.0396. The zero-order valence-corrected chi connectivity index (χ0v) is 8.72. The Hall–Kier alpha value is -1.04. The first-order valence-electron chi connectivity index (χ1n) is 3.58. The summed E-state index contributed by atoms with van der Waals surface area (Å²) in [5.41, 5.74) is -0.730. The van der Waals surface area contributed by atoms with Gasteiger partial charge in [-0.15, -0.1) is 0 Å². The van der Waals surface area contributed by atoms with E-state index >= 15 is 0 Å². The van der Waals surface area contributed by atoms with E-state index in [1.165, 1.54) is 13.2 Å². The van der Waals surface area contributed by atoms with Crippen molar-refractivity contribution in [3.8, 4) is 5.88 Å². The van der Waals surface area contributed by atoms with Crippen LogP contribution in [0.25, 0.3) is 0 Å². The third-order valence-electron chi connectivity index (χ3n) is 1.55. The molecule has 0 aliphatic carbocycles. The molecule has 1 aromatic rings. The maximum Gasteiger partial charge on any atom is 0.281 e. The van der Waals surface area contributed by atoms with Crippen LogP contribution in [0.4, 0.5) is 8.78 Å². The zero-order valence-electron chi connectivity index (χ0n) is 7.13. The Morgan fingerprint density at radius 3 is 2.71 bits per heavy atom. The van der Waals surface area contributed by atoms with Crippen molar-refractivity contribution in [2.24, 2.45) is 0 Å². The Morgan fingerprint density at radius 1 is 1.64 bits per heavy atom. The summed E-state index contributed by atoms with van der Waals surface area (Å²) in [4.78, 5) is 14.0. The van der Waals surface area contributed by atoms with Crippen LogP contribution in [0.3, 0.4) is 0 Å². The summed E-state index contributed by atoms with van der Waals surface area (Å²) in [6.07, 6.45) is -2.47. The molecule has 6 heteroatoms. The highest BCUT2D eigenvalue weighted by molar-refractivity contribution is 9.10. The monoisotopic (exact) mass is 265 g/mol. The van der Waals surface area contributed by atoms with E-state index in [0.29, 0.717) is 6.29 Å². The first-order chi connectivity index (χ1) is 6.60. The molecule has 0 aliphatic rings. The number of methoxy groups -OCH3 is 1. The number of hydrogen-bond acceptors (Lipinski definition) is 3. The molecule has 0 radical (unpaired) electrons. The number of nitrogens with zero attached hydrogens (tertiary/aromatic N) is 1. The molecule has 0 N–H and O–H groups in total. The van der Waals surface area contributed by atoms with Crippen LogP contribution >= 0.6 is 15.9 Å². The molecular weight excluding hydrogens is 260 g/mol. The molecule has 1 rings (SSSR count). The molecule has 3 nitrogen and oxygen atoms in total. The SMILES string of the molecule is COc1cc(Br)c(C=O)c(C(F)F)n1. The van der Waals surface area contributed by atoms with Crippen molar-refractivity contribution in [3.05, 3.63) is 21.8 Å². The highest BCUT2D eigenvalue weighted by atomic mass is 79.9. The second-order valence-electron chi connectivity index (χ2n) is 2.36. The fraction of sp³-hybridized carbons (Fsp3) is 0.250. The zero-order chi connectivity index (χ0) is 10.7. The van der Waals surface area contributed by atoms with Crippen molar-refractivity contribution < 1.29 is 18.3 Å². The molecule has 0 saturated carbocycles. The topological polar surface area (TPSA) is 39.2 Å². The molecule has 0 spiro atoms. The molecule has 0 saturated heterocycles. The number of carbonyl (C=O) groups excluding carboxylic acids is 1. The fourth-order valence-electron chi connectivity index (χ4n) is 0.907. The van der Waals surface area contributed by atoms with Crippen molar-refractivity contribution >= 4 is 22.2 Å². The van der Waals surface area contributed by atoms with Crippen LogP contribution in [-0.4, -0.2) is 18.4 Å². The van der Waals surface area contributed by atoms with Crippen LogP contribution in [0.1, 0.15) is 22.5 Å². The maximum atomic E-state index is 12.4. The van der Waals surface area contributed by atoms with Gasteiger partial charge >= 0.3 is 0 Å². The van der Waals surface area contributed by atoms with Gasteiger partial charge in [0.1, 0.15) is 5.69 Å². The van der Waals surface area contributed by atoms with Gasteiger partial charge in [0.15, 0.2) is 6.29 Å². The van der Waals surface area contributed by atoms with E-state index in [0.717, 1.165) is 0 Å². The van der Waals surface area contributed by atoms with Gasteiger partial charge in [-0.25, -0.2) is 13.8 Å². The number of carbonyl (C=O) groups is 1. The lowest BCUT2D eigenvalue weighted by Gasteiger charge is -2.07. The van der Waals surface area contributed by atoms with E-state index in [2.05, 4.69) is 20.9 Å². The molecule has 0 bridgehead atoms. The summed E-state index contributed by atoms with van der Waals surface area (Å²) in [5.74, 6) is 0.0396. The summed E-state index contributed by atoms with van der Waals surface area (Å²) in [6.45, 7) is 0. The number of alkyl halides is 2. The van der Waals surface area contributed by atoms with Crippen molar-refractivity contribution in [3.63, 3.8) is 0 Å². The maximum absolute atomic E-state index is 12.4. The van der Waals surface area contributed by atoms with Crippen molar-refractivity contribution in [2.45, 2.75) is 6.43 Å². The van der Waals surface area contributed by atoms with Crippen LogP contribution in [0, 0.1) is 0 Å². The third-order valence-corrected chi connectivity index (χ3v) is 2.20. The standard InChI is InChI=1S/C8H6BrF2NO2/c1-14-6-2-5(9)4(3-13)7(12-6)8(10)11/h2-3,8H,1H3. The fourth-order valence-corrected chi connectivity index (χ4v) is 1.40. The molecule has 76 valence electrons. The van der Waals surface area contributed by atoms with Gasteiger partial charge in [0.05, 0.1) is 12.7 Å². The van der Waals surface area contributed by atoms with E-state index in [-0.39, 0.29) is 15.9 Å². The van der Waals surface area contributed by atoms with E-state index in [9.17, 15) is 13.6 Å². The number of hydrogen-bond donors (Lipinski definition) is 0. The lowest BCUT2D eigenvalue weighted by molar-refractivity contribution is 0.110. The molecule has 0 amide bonds. The molecule has 0 atom stereocenters. The predicted octanol–water partition coefficient (Wildman–Crippen LogP) is 2.60. The molecule has 0 unspecified atom stereocenters. The summed E-state index contributed by atoms with van der Waals surface area (Å²) >= 11 is 2.98. The first-order valence-corrected chi connectivity index (χ1v) is 4.37. The smallest absolute Gasteiger partial charge is 0.281 e. The van der Waals surface area contributed by atoms with E-state index < -0.39 is 12.1 Å². The van der Waals surface area contributed by atoms with E-state index in [4.69, 9.17) is 4.74 Å². The number of aldehydes is 1. The molecule has 1 heterocycles. The Morgan fingerprint density at radius 2 is 2.29 bits per heavy atom. The number of rotatable bonds is 3. The Kier molecular flexibility index (Phi) is 3.51. The Balaban J connectivity index is 3.35. The second-order valence-corrected chi connectivity index (χ2v) is 3.22. The Labute approximate surface area is 87.2 Å². The number of pyridine rings is 1. The molecule has 0 aliphatic heterocycles. The van der Waals surface area contributed by atoms with Crippen molar-refractivity contribution in [1.82, 2.24) is 4.98 Å². The van der Waals surface area contributed by atoms with Gasteiger partial charge in [-0.1, -0.05) is 0 Å². The molecule has 0 aromatic carbocycles. The van der Waals surface area contributed by atoms with Gasteiger partial charge in [-0.3, -0.25) is 4.79 Å². The van der Waals surface area contributed by atoms with Gasteiger partial charge in [-0.05, 0) is 15.9 Å².